The molecule has 2 aromatic carbocycles. The molecule has 1 saturated carbocycles. The molecule has 0 amide bonds. The zero-order valence-corrected chi connectivity index (χ0v) is 16.8. The van der Waals surface area contributed by atoms with Crippen LogP contribution in [0.25, 0.3) is 11.1 Å². The van der Waals surface area contributed by atoms with Crippen molar-refractivity contribution in [3.63, 3.8) is 0 Å². The number of rotatable bonds is 7. The standard InChI is InChI=1S/C25H30O3/c1-19-8-5-6-11-23(19)21-16-14-20(15-17-21)18-28-25(27)13-7-10-22-9-3-2-4-12-24(22)26/h5-6,8,11,14-17,22H,2-4,7,9-10,12-13,18H2,1H3. The topological polar surface area (TPSA) is 43.4 Å². The SMILES string of the molecule is Cc1ccccc1-c1ccc(COC(=O)CCCC2CCCCCC2=O)cc1. The number of benzene rings is 2. The zero-order chi connectivity index (χ0) is 19.8. The maximum Gasteiger partial charge on any atom is 0.306 e. The van der Waals surface area contributed by atoms with Crippen LogP contribution in [0, 0.1) is 12.8 Å². The number of hydrogen-bond acceptors (Lipinski definition) is 3. The summed E-state index contributed by atoms with van der Waals surface area (Å²) in [5.41, 5.74) is 4.62. The Morgan fingerprint density at radius 3 is 2.61 bits per heavy atom. The predicted octanol–water partition coefficient (Wildman–Crippen LogP) is 6.02. The summed E-state index contributed by atoms with van der Waals surface area (Å²) >= 11 is 0. The highest BCUT2D eigenvalue weighted by molar-refractivity contribution is 5.81. The fourth-order valence-corrected chi connectivity index (χ4v) is 3.94. The van der Waals surface area contributed by atoms with Crippen molar-refractivity contribution in [2.24, 2.45) is 5.92 Å². The van der Waals surface area contributed by atoms with E-state index in [1.807, 2.05) is 24.3 Å². The Kier molecular flexibility index (Phi) is 7.41. The number of ether oxygens (including phenoxy) is 1. The third-order valence-electron chi connectivity index (χ3n) is 5.67. The van der Waals surface area contributed by atoms with Crippen LogP contribution in [0.15, 0.2) is 48.5 Å². The van der Waals surface area contributed by atoms with Gasteiger partial charge in [0.1, 0.15) is 12.4 Å². The Morgan fingerprint density at radius 2 is 1.82 bits per heavy atom. The van der Waals surface area contributed by atoms with Crippen LogP contribution in [0.2, 0.25) is 0 Å². The molecular weight excluding hydrogens is 348 g/mol. The van der Waals surface area contributed by atoms with Gasteiger partial charge in [-0.15, -0.1) is 0 Å². The van der Waals surface area contributed by atoms with Gasteiger partial charge in [-0.25, -0.2) is 0 Å². The maximum absolute atomic E-state index is 12.0. The van der Waals surface area contributed by atoms with Gasteiger partial charge in [0, 0.05) is 18.8 Å². The minimum Gasteiger partial charge on any atom is -0.461 e. The maximum atomic E-state index is 12.0. The summed E-state index contributed by atoms with van der Waals surface area (Å²) in [7, 11) is 0. The van der Waals surface area contributed by atoms with E-state index in [1.54, 1.807) is 0 Å². The highest BCUT2D eigenvalue weighted by Gasteiger charge is 2.20. The van der Waals surface area contributed by atoms with Gasteiger partial charge in [-0.3, -0.25) is 9.59 Å². The molecule has 0 N–H and O–H groups in total. The number of hydrogen-bond donors (Lipinski definition) is 0. The highest BCUT2D eigenvalue weighted by atomic mass is 16.5. The number of Topliss-reactive ketones (excluding diaryl/α,β-unsaturated/α-hetero) is 1. The Balaban J connectivity index is 1.42. The molecule has 3 rings (SSSR count). The Bertz CT molecular complexity index is 792. The van der Waals surface area contributed by atoms with Crippen molar-refractivity contribution in [3.05, 3.63) is 59.7 Å². The molecule has 0 heterocycles. The largest absolute Gasteiger partial charge is 0.461 e. The van der Waals surface area contributed by atoms with Gasteiger partial charge in [0.25, 0.3) is 0 Å². The van der Waals surface area contributed by atoms with Crippen LogP contribution < -0.4 is 0 Å². The highest BCUT2D eigenvalue weighted by Crippen LogP contribution is 2.25. The van der Waals surface area contributed by atoms with Crippen LogP contribution in [0.4, 0.5) is 0 Å². The molecule has 0 aliphatic heterocycles. The monoisotopic (exact) mass is 378 g/mol. The Labute approximate surface area is 168 Å². The molecule has 1 aliphatic carbocycles. The van der Waals surface area contributed by atoms with Gasteiger partial charge in [0.05, 0.1) is 0 Å². The normalized spacial score (nSPS) is 17.2. The zero-order valence-electron chi connectivity index (χ0n) is 16.8. The van der Waals surface area contributed by atoms with Gasteiger partial charge in [0.2, 0.25) is 0 Å². The van der Waals surface area contributed by atoms with Crippen LogP contribution in [0.1, 0.15) is 62.5 Å². The number of ketones is 1. The van der Waals surface area contributed by atoms with Crippen molar-refractivity contribution in [1.82, 2.24) is 0 Å². The van der Waals surface area contributed by atoms with Crippen LogP contribution >= 0.6 is 0 Å². The van der Waals surface area contributed by atoms with Gasteiger partial charge >= 0.3 is 5.97 Å². The fraction of sp³-hybridized carbons (Fsp3) is 0.440. The van der Waals surface area contributed by atoms with Gasteiger partial charge < -0.3 is 4.74 Å². The molecule has 1 atom stereocenters. The summed E-state index contributed by atoms with van der Waals surface area (Å²) in [5, 5.41) is 0. The first-order chi connectivity index (χ1) is 13.6. The van der Waals surface area contributed by atoms with E-state index < -0.39 is 0 Å². The number of aryl methyl sites for hydroxylation is 1. The minimum absolute atomic E-state index is 0.157. The molecule has 3 heteroatoms. The molecular formula is C25H30O3. The summed E-state index contributed by atoms with van der Waals surface area (Å²) in [6, 6.07) is 16.5. The molecule has 0 spiro atoms. The summed E-state index contributed by atoms with van der Waals surface area (Å²) in [5.74, 6) is 0.368. The van der Waals surface area contributed by atoms with E-state index in [1.165, 1.54) is 16.7 Å². The van der Waals surface area contributed by atoms with Crippen LogP contribution in [-0.2, 0) is 20.9 Å². The molecule has 3 nitrogen and oxygen atoms in total. The summed E-state index contributed by atoms with van der Waals surface area (Å²) in [4.78, 5) is 24.1. The quantitative estimate of drug-likeness (QED) is 0.437. The molecule has 2 aromatic rings. The summed E-state index contributed by atoms with van der Waals surface area (Å²) < 4.78 is 5.41. The molecule has 0 saturated heterocycles. The van der Waals surface area contributed by atoms with Gasteiger partial charge in [0.15, 0.2) is 0 Å². The fourth-order valence-electron chi connectivity index (χ4n) is 3.94. The minimum atomic E-state index is -0.177. The van der Waals surface area contributed by atoms with E-state index >= 15 is 0 Å². The van der Waals surface area contributed by atoms with Crippen molar-refractivity contribution >= 4 is 11.8 Å². The van der Waals surface area contributed by atoms with E-state index in [9.17, 15) is 9.59 Å². The first-order valence-corrected chi connectivity index (χ1v) is 10.5. The lowest BCUT2D eigenvalue weighted by molar-refractivity contribution is -0.145. The van der Waals surface area contributed by atoms with Crippen molar-refractivity contribution in [3.8, 4) is 11.1 Å². The van der Waals surface area contributed by atoms with E-state index in [0.29, 0.717) is 25.2 Å². The molecule has 0 aromatic heterocycles. The van der Waals surface area contributed by atoms with E-state index in [4.69, 9.17) is 4.74 Å². The molecule has 0 radical (unpaired) electrons. The van der Waals surface area contributed by atoms with Crippen LogP contribution in [0.5, 0.6) is 0 Å². The lowest BCUT2D eigenvalue weighted by Crippen LogP contribution is -2.13. The lowest BCUT2D eigenvalue weighted by Gasteiger charge is -2.12. The van der Waals surface area contributed by atoms with Crippen molar-refractivity contribution < 1.29 is 14.3 Å². The van der Waals surface area contributed by atoms with Gasteiger partial charge in [-0.2, -0.15) is 0 Å². The molecule has 0 bridgehead atoms. The lowest BCUT2D eigenvalue weighted by atomic mass is 9.93. The first-order valence-electron chi connectivity index (χ1n) is 10.5. The van der Waals surface area contributed by atoms with E-state index in [0.717, 1.165) is 44.1 Å². The molecule has 28 heavy (non-hydrogen) atoms. The van der Waals surface area contributed by atoms with Crippen molar-refractivity contribution in [2.45, 2.75) is 64.9 Å². The summed E-state index contributed by atoms with van der Waals surface area (Å²) in [6.45, 7) is 2.41. The average Bonchev–Trinajstić information content (AvgIpc) is 2.91. The Hall–Kier alpha value is -2.42. The average molecular weight is 379 g/mol. The first kappa shape index (κ1) is 20.3. The van der Waals surface area contributed by atoms with Crippen LogP contribution in [-0.4, -0.2) is 11.8 Å². The van der Waals surface area contributed by atoms with Crippen molar-refractivity contribution in [1.29, 1.82) is 0 Å². The van der Waals surface area contributed by atoms with Crippen LogP contribution in [0.3, 0.4) is 0 Å². The number of carbonyl (C=O) groups is 2. The number of carbonyl (C=O) groups excluding carboxylic acids is 2. The second-order valence-corrected chi connectivity index (χ2v) is 7.83. The molecule has 1 fully saturated rings. The Morgan fingerprint density at radius 1 is 1.04 bits per heavy atom. The van der Waals surface area contributed by atoms with Gasteiger partial charge in [-0.1, -0.05) is 61.4 Å². The van der Waals surface area contributed by atoms with E-state index in [2.05, 4.69) is 31.2 Å². The van der Waals surface area contributed by atoms with E-state index in [-0.39, 0.29) is 11.9 Å². The second-order valence-electron chi connectivity index (χ2n) is 7.83. The smallest absolute Gasteiger partial charge is 0.306 e. The predicted molar refractivity (Wildman–Crippen MR) is 112 cm³/mol. The second kappa shape index (κ2) is 10.2. The number of esters is 1. The van der Waals surface area contributed by atoms with Gasteiger partial charge in [-0.05, 0) is 54.9 Å². The third kappa shape index (κ3) is 5.79. The summed E-state index contributed by atoms with van der Waals surface area (Å²) in [6.07, 6.45) is 6.98. The molecule has 1 unspecified atom stereocenters. The third-order valence-corrected chi connectivity index (χ3v) is 5.67. The molecule has 1 aliphatic rings. The van der Waals surface area contributed by atoms with Crippen molar-refractivity contribution in [2.75, 3.05) is 0 Å². The molecule has 148 valence electrons.